The number of ketones is 2. The maximum absolute atomic E-state index is 13.2. The first kappa shape index (κ1) is 17.5. The standard InChI is InChI=1S/C21H26O5/c1-19(2)14-5-8-20(3)15(11-13(22)12-7-10-26-17(12)20)21(14,18(24)25-4)9-6-16(19)23/h7,10,14-15H,5-6,8-9,11H2,1-4H3/t14-,15-,20+,21+/m0/s1. The van der Waals surface area contributed by atoms with Crippen molar-refractivity contribution in [2.24, 2.45) is 22.7 Å². The van der Waals surface area contributed by atoms with Crippen LogP contribution in [-0.4, -0.2) is 24.6 Å². The molecule has 5 nitrogen and oxygen atoms in total. The monoisotopic (exact) mass is 358 g/mol. The lowest BCUT2D eigenvalue weighted by atomic mass is 9.40. The Bertz CT molecular complexity index is 803. The Balaban J connectivity index is 1.93. The lowest BCUT2D eigenvalue weighted by Gasteiger charge is -2.61. The number of carbonyl (C=O) groups excluding carboxylic acids is 3. The van der Waals surface area contributed by atoms with E-state index in [0.717, 1.165) is 12.8 Å². The zero-order chi connectivity index (χ0) is 18.9. The van der Waals surface area contributed by atoms with E-state index in [4.69, 9.17) is 9.15 Å². The zero-order valence-electron chi connectivity index (χ0n) is 15.9. The average molecular weight is 358 g/mol. The molecule has 0 radical (unpaired) electrons. The highest BCUT2D eigenvalue weighted by atomic mass is 16.5. The Hall–Kier alpha value is -1.91. The molecule has 0 bridgehead atoms. The van der Waals surface area contributed by atoms with Crippen molar-refractivity contribution in [3.05, 3.63) is 23.7 Å². The molecule has 1 aromatic heterocycles. The van der Waals surface area contributed by atoms with Gasteiger partial charge in [0.25, 0.3) is 0 Å². The van der Waals surface area contributed by atoms with E-state index in [1.54, 1.807) is 12.3 Å². The first-order chi connectivity index (χ1) is 12.2. The Kier molecular flexibility index (Phi) is 3.57. The molecule has 3 aliphatic rings. The quantitative estimate of drug-likeness (QED) is 0.716. The lowest BCUT2D eigenvalue weighted by Crippen LogP contribution is -2.64. The van der Waals surface area contributed by atoms with Crippen LogP contribution in [0.5, 0.6) is 0 Å². The average Bonchev–Trinajstić information content (AvgIpc) is 3.10. The molecule has 2 fully saturated rings. The van der Waals surface area contributed by atoms with Crippen LogP contribution in [0, 0.1) is 22.7 Å². The Morgan fingerprint density at radius 2 is 1.92 bits per heavy atom. The van der Waals surface area contributed by atoms with Crippen molar-refractivity contribution in [2.45, 2.75) is 58.3 Å². The normalized spacial score (nSPS) is 38.2. The van der Waals surface area contributed by atoms with Gasteiger partial charge in [0.1, 0.15) is 11.5 Å². The smallest absolute Gasteiger partial charge is 0.312 e. The van der Waals surface area contributed by atoms with E-state index >= 15 is 0 Å². The minimum Gasteiger partial charge on any atom is -0.469 e. The number of Topliss-reactive ketones (excluding diaryl/α,β-unsaturated/α-hetero) is 2. The second-order valence-corrected chi connectivity index (χ2v) is 9.03. The topological polar surface area (TPSA) is 73.6 Å². The summed E-state index contributed by atoms with van der Waals surface area (Å²) in [6.07, 6.45) is 4.22. The molecule has 2 saturated carbocycles. The number of rotatable bonds is 1. The molecular formula is C21H26O5. The summed E-state index contributed by atoms with van der Waals surface area (Å²) in [7, 11) is 1.41. The summed E-state index contributed by atoms with van der Waals surface area (Å²) in [6, 6.07) is 1.74. The molecule has 0 unspecified atom stereocenters. The van der Waals surface area contributed by atoms with Gasteiger partial charge in [-0.25, -0.2) is 0 Å². The predicted octanol–water partition coefficient (Wildman–Crippen LogP) is 3.70. The molecule has 1 aromatic rings. The van der Waals surface area contributed by atoms with Gasteiger partial charge >= 0.3 is 5.97 Å². The number of carbonyl (C=O) groups is 3. The van der Waals surface area contributed by atoms with Crippen molar-refractivity contribution in [1.29, 1.82) is 0 Å². The molecule has 4 rings (SSSR count). The van der Waals surface area contributed by atoms with Gasteiger partial charge in [0, 0.05) is 23.7 Å². The summed E-state index contributed by atoms with van der Waals surface area (Å²) in [5, 5.41) is 0. The summed E-state index contributed by atoms with van der Waals surface area (Å²) in [4.78, 5) is 38.7. The fourth-order valence-electron chi connectivity index (χ4n) is 6.40. The van der Waals surface area contributed by atoms with E-state index in [1.165, 1.54) is 7.11 Å². The number of methoxy groups -OCH3 is 1. The summed E-state index contributed by atoms with van der Waals surface area (Å²) < 4.78 is 11.1. The number of hydrogen-bond acceptors (Lipinski definition) is 5. The van der Waals surface area contributed by atoms with E-state index in [0.29, 0.717) is 30.6 Å². The Morgan fingerprint density at radius 3 is 2.62 bits per heavy atom. The number of fused-ring (bicyclic) bond motifs is 5. The number of furan rings is 1. The first-order valence-electron chi connectivity index (χ1n) is 9.42. The molecular weight excluding hydrogens is 332 g/mol. The van der Waals surface area contributed by atoms with Crippen molar-refractivity contribution < 1.29 is 23.5 Å². The van der Waals surface area contributed by atoms with Crippen molar-refractivity contribution in [3.8, 4) is 0 Å². The number of esters is 1. The van der Waals surface area contributed by atoms with Crippen LogP contribution in [0.1, 0.15) is 69.0 Å². The van der Waals surface area contributed by atoms with E-state index in [2.05, 4.69) is 6.92 Å². The van der Waals surface area contributed by atoms with Crippen molar-refractivity contribution in [1.82, 2.24) is 0 Å². The van der Waals surface area contributed by atoms with E-state index in [-0.39, 0.29) is 29.4 Å². The lowest BCUT2D eigenvalue weighted by molar-refractivity contribution is -0.187. The van der Waals surface area contributed by atoms with Gasteiger partial charge in [-0.05, 0) is 37.2 Å². The van der Waals surface area contributed by atoms with Crippen LogP contribution < -0.4 is 0 Å². The molecule has 0 spiro atoms. The number of hydrogen-bond donors (Lipinski definition) is 0. The summed E-state index contributed by atoms with van der Waals surface area (Å²) >= 11 is 0. The van der Waals surface area contributed by atoms with Crippen LogP contribution in [0.4, 0.5) is 0 Å². The molecule has 4 atom stereocenters. The molecule has 140 valence electrons. The largest absolute Gasteiger partial charge is 0.469 e. The summed E-state index contributed by atoms with van der Waals surface area (Å²) in [5.41, 5.74) is -1.17. The van der Waals surface area contributed by atoms with Crippen LogP contribution >= 0.6 is 0 Å². The molecule has 0 saturated heterocycles. The fourth-order valence-corrected chi connectivity index (χ4v) is 6.40. The van der Waals surface area contributed by atoms with Crippen molar-refractivity contribution >= 4 is 17.5 Å². The molecule has 26 heavy (non-hydrogen) atoms. The highest BCUT2D eigenvalue weighted by Gasteiger charge is 2.69. The maximum atomic E-state index is 13.2. The highest BCUT2D eigenvalue weighted by Crippen LogP contribution is 2.66. The third-order valence-electron chi connectivity index (χ3n) is 7.76. The predicted molar refractivity (Wildman–Crippen MR) is 93.7 cm³/mol. The molecule has 0 amide bonds. The molecule has 0 aliphatic heterocycles. The van der Waals surface area contributed by atoms with Gasteiger partial charge in [-0.3, -0.25) is 14.4 Å². The second kappa shape index (κ2) is 5.30. The fraction of sp³-hybridized carbons (Fsp3) is 0.667. The van der Waals surface area contributed by atoms with Gasteiger partial charge in [-0.1, -0.05) is 20.8 Å². The van der Waals surface area contributed by atoms with Gasteiger partial charge in [0.15, 0.2) is 5.78 Å². The Morgan fingerprint density at radius 1 is 1.19 bits per heavy atom. The van der Waals surface area contributed by atoms with E-state index < -0.39 is 16.2 Å². The van der Waals surface area contributed by atoms with Crippen LogP contribution in [0.15, 0.2) is 16.7 Å². The zero-order valence-corrected chi connectivity index (χ0v) is 15.9. The Labute approximate surface area is 153 Å². The van der Waals surface area contributed by atoms with Crippen LogP contribution in [0.3, 0.4) is 0 Å². The van der Waals surface area contributed by atoms with E-state index in [9.17, 15) is 14.4 Å². The summed E-state index contributed by atoms with van der Waals surface area (Å²) in [6.45, 7) is 6.00. The molecule has 0 aromatic carbocycles. The van der Waals surface area contributed by atoms with E-state index in [1.807, 2.05) is 13.8 Å². The molecule has 0 N–H and O–H groups in total. The molecule has 1 heterocycles. The van der Waals surface area contributed by atoms with Crippen LogP contribution in [-0.2, 0) is 19.7 Å². The molecule has 5 heteroatoms. The van der Waals surface area contributed by atoms with Gasteiger partial charge in [-0.15, -0.1) is 0 Å². The highest BCUT2D eigenvalue weighted by molar-refractivity contribution is 6.00. The number of ether oxygens (including phenoxy) is 1. The van der Waals surface area contributed by atoms with Gasteiger partial charge < -0.3 is 9.15 Å². The maximum Gasteiger partial charge on any atom is 0.312 e. The van der Waals surface area contributed by atoms with Crippen molar-refractivity contribution in [3.63, 3.8) is 0 Å². The first-order valence-corrected chi connectivity index (χ1v) is 9.42. The SMILES string of the molecule is COC(=O)[C@]12CCC(=O)C(C)(C)[C@@H]1CC[C@@]1(C)c3occc3C(=O)C[C@H]21. The van der Waals surface area contributed by atoms with Gasteiger partial charge in [0.2, 0.25) is 0 Å². The minimum absolute atomic E-state index is 0.0230. The molecule has 3 aliphatic carbocycles. The van der Waals surface area contributed by atoms with Crippen molar-refractivity contribution in [2.75, 3.05) is 7.11 Å². The third-order valence-corrected chi connectivity index (χ3v) is 7.76. The summed E-state index contributed by atoms with van der Waals surface area (Å²) in [5.74, 6) is 0.323. The van der Waals surface area contributed by atoms with Crippen LogP contribution in [0.25, 0.3) is 0 Å². The van der Waals surface area contributed by atoms with Crippen LogP contribution in [0.2, 0.25) is 0 Å². The van der Waals surface area contributed by atoms with Gasteiger partial charge in [-0.2, -0.15) is 0 Å². The van der Waals surface area contributed by atoms with Gasteiger partial charge in [0.05, 0.1) is 24.4 Å². The minimum atomic E-state index is -0.820. The second-order valence-electron chi connectivity index (χ2n) is 9.03. The third kappa shape index (κ3) is 1.89.